The second kappa shape index (κ2) is 7.08. The highest BCUT2D eigenvalue weighted by atomic mass is 35.5. The van der Waals surface area contributed by atoms with Gasteiger partial charge >= 0.3 is 0 Å². The molecule has 112 valence electrons. The maximum Gasteiger partial charge on any atom is 0.253 e. The summed E-state index contributed by atoms with van der Waals surface area (Å²) in [6, 6.07) is 1.66. The molecule has 2 heterocycles. The van der Waals surface area contributed by atoms with Crippen LogP contribution in [0.2, 0.25) is 5.02 Å². The van der Waals surface area contributed by atoms with Crippen LogP contribution in [0.15, 0.2) is 24.7 Å². The molecule has 6 nitrogen and oxygen atoms in total. The number of carbonyl (C=O) groups excluding carboxylic acids is 1. The van der Waals surface area contributed by atoms with Crippen LogP contribution in [-0.2, 0) is 13.6 Å². The van der Waals surface area contributed by atoms with Crippen molar-refractivity contribution in [2.75, 3.05) is 11.9 Å². The normalized spacial score (nSPS) is 10.4. The van der Waals surface area contributed by atoms with Crippen molar-refractivity contribution in [2.24, 2.45) is 7.05 Å². The van der Waals surface area contributed by atoms with Gasteiger partial charge < -0.3 is 10.6 Å². The molecule has 0 aromatic carbocycles. The Balaban J connectivity index is 2.03. The smallest absolute Gasteiger partial charge is 0.253 e. The van der Waals surface area contributed by atoms with Crippen molar-refractivity contribution in [2.45, 2.75) is 19.9 Å². The van der Waals surface area contributed by atoms with E-state index in [1.807, 2.05) is 13.2 Å². The molecule has 2 aromatic heterocycles. The largest absolute Gasteiger partial charge is 0.370 e. The fraction of sp³-hybridized carbons (Fsp3) is 0.357. The molecule has 0 aliphatic rings. The first kappa shape index (κ1) is 15.3. The minimum atomic E-state index is -0.231. The number of halogens is 1. The Kier molecular flexibility index (Phi) is 5.16. The fourth-order valence-corrected chi connectivity index (χ4v) is 1.99. The summed E-state index contributed by atoms with van der Waals surface area (Å²) in [6.07, 6.45) is 6.02. The first-order valence-corrected chi connectivity index (χ1v) is 7.13. The number of amides is 1. The highest BCUT2D eigenvalue weighted by Crippen LogP contribution is 2.18. The molecule has 0 atom stereocenters. The first-order valence-electron chi connectivity index (χ1n) is 6.75. The van der Waals surface area contributed by atoms with Crippen molar-refractivity contribution in [3.05, 3.63) is 40.8 Å². The van der Waals surface area contributed by atoms with Crippen molar-refractivity contribution in [3.63, 3.8) is 0 Å². The highest BCUT2D eigenvalue weighted by molar-refractivity contribution is 6.33. The Morgan fingerprint density at radius 2 is 2.24 bits per heavy atom. The summed E-state index contributed by atoms with van der Waals surface area (Å²) < 4.78 is 1.69. The zero-order valence-electron chi connectivity index (χ0n) is 12.1. The lowest BCUT2D eigenvalue weighted by molar-refractivity contribution is 0.0951. The summed E-state index contributed by atoms with van der Waals surface area (Å²) in [5, 5.41) is 10.3. The van der Waals surface area contributed by atoms with Crippen LogP contribution in [0.5, 0.6) is 0 Å². The van der Waals surface area contributed by atoms with Crippen LogP contribution < -0.4 is 10.6 Å². The maximum atomic E-state index is 12.2. The first-order chi connectivity index (χ1) is 10.1. The van der Waals surface area contributed by atoms with Crippen LogP contribution in [0.3, 0.4) is 0 Å². The Labute approximate surface area is 128 Å². The number of hydrogen-bond donors (Lipinski definition) is 2. The van der Waals surface area contributed by atoms with E-state index < -0.39 is 0 Å². The number of hydrogen-bond acceptors (Lipinski definition) is 4. The molecule has 2 aromatic rings. The molecule has 0 spiro atoms. The Morgan fingerprint density at radius 1 is 1.43 bits per heavy atom. The molecule has 0 aliphatic heterocycles. The van der Waals surface area contributed by atoms with E-state index in [2.05, 4.69) is 27.6 Å². The number of carbonyl (C=O) groups is 1. The minimum Gasteiger partial charge on any atom is -0.370 e. The van der Waals surface area contributed by atoms with Crippen LogP contribution in [0, 0.1) is 0 Å². The predicted octanol–water partition coefficient (Wildman–Crippen LogP) is 2.22. The lowest BCUT2D eigenvalue weighted by Crippen LogP contribution is -2.23. The number of anilines is 1. The van der Waals surface area contributed by atoms with Gasteiger partial charge in [-0.3, -0.25) is 9.48 Å². The molecule has 1 amide bonds. The molecule has 0 fully saturated rings. The molecule has 0 unspecified atom stereocenters. The van der Waals surface area contributed by atoms with Crippen molar-refractivity contribution in [3.8, 4) is 0 Å². The standard InChI is InChI=1S/C14H18ClN5O/c1-3-4-16-13-5-11(12(15)8-17-13)14(21)18-6-10-7-19-20(2)9-10/h5,7-9H,3-4,6H2,1-2H3,(H,16,17)(H,18,21). The van der Waals surface area contributed by atoms with Gasteiger partial charge in [-0.1, -0.05) is 18.5 Å². The summed E-state index contributed by atoms with van der Waals surface area (Å²) in [5.74, 6) is 0.415. The second-order valence-corrected chi connectivity index (χ2v) is 5.09. The number of aromatic nitrogens is 3. The van der Waals surface area contributed by atoms with Crippen LogP contribution >= 0.6 is 11.6 Å². The molecule has 0 bridgehead atoms. The molecular weight excluding hydrogens is 290 g/mol. The van der Waals surface area contributed by atoms with Crippen molar-refractivity contribution in [1.82, 2.24) is 20.1 Å². The van der Waals surface area contributed by atoms with Gasteiger partial charge in [-0.05, 0) is 12.5 Å². The van der Waals surface area contributed by atoms with E-state index in [-0.39, 0.29) is 5.91 Å². The molecule has 0 aliphatic carbocycles. The summed E-state index contributed by atoms with van der Waals surface area (Å²) in [7, 11) is 1.83. The van der Waals surface area contributed by atoms with Crippen molar-refractivity contribution in [1.29, 1.82) is 0 Å². The van der Waals surface area contributed by atoms with Gasteiger partial charge in [0.25, 0.3) is 5.91 Å². The van der Waals surface area contributed by atoms with Gasteiger partial charge in [-0.25, -0.2) is 4.98 Å². The molecule has 0 saturated heterocycles. The fourth-order valence-electron chi connectivity index (χ4n) is 1.80. The Bertz CT molecular complexity index is 626. The van der Waals surface area contributed by atoms with Gasteiger partial charge in [0.1, 0.15) is 5.82 Å². The lowest BCUT2D eigenvalue weighted by Gasteiger charge is -2.08. The topological polar surface area (TPSA) is 71.8 Å². The summed E-state index contributed by atoms with van der Waals surface area (Å²) in [5.41, 5.74) is 1.34. The quantitative estimate of drug-likeness (QED) is 0.858. The second-order valence-electron chi connectivity index (χ2n) is 4.68. The maximum absolute atomic E-state index is 12.2. The zero-order chi connectivity index (χ0) is 15.2. The minimum absolute atomic E-state index is 0.231. The van der Waals surface area contributed by atoms with E-state index in [4.69, 9.17) is 11.6 Å². The molecule has 21 heavy (non-hydrogen) atoms. The zero-order valence-corrected chi connectivity index (χ0v) is 12.8. The Morgan fingerprint density at radius 3 is 2.90 bits per heavy atom. The third-order valence-electron chi connectivity index (χ3n) is 2.87. The lowest BCUT2D eigenvalue weighted by atomic mass is 10.2. The molecule has 2 N–H and O–H groups in total. The summed E-state index contributed by atoms with van der Waals surface area (Å²) >= 11 is 6.04. The number of nitrogens with one attached hydrogen (secondary N) is 2. The van der Waals surface area contributed by atoms with Gasteiger partial charge in [0.2, 0.25) is 0 Å². The van der Waals surface area contributed by atoms with Gasteiger partial charge in [-0.2, -0.15) is 5.10 Å². The van der Waals surface area contributed by atoms with Crippen LogP contribution in [0.1, 0.15) is 29.3 Å². The third kappa shape index (κ3) is 4.19. The van der Waals surface area contributed by atoms with Gasteiger partial charge in [-0.15, -0.1) is 0 Å². The molecule has 7 heteroatoms. The monoisotopic (exact) mass is 307 g/mol. The number of nitrogens with zero attached hydrogens (tertiary/aromatic N) is 3. The van der Waals surface area contributed by atoms with E-state index >= 15 is 0 Å². The number of rotatable bonds is 6. The van der Waals surface area contributed by atoms with Crippen LogP contribution in [0.4, 0.5) is 5.82 Å². The van der Waals surface area contributed by atoms with Gasteiger partial charge in [0, 0.05) is 38.1 Å². The SMILES string of the molecule is CCCNc1cc(C(=O)NCc2cnn(C)c2)c(Cl)cn1. The van der Waals surface area contributed by atoms with Crippen molar-refractivity contribution < 1.29 is 4.79 Å². The van der Waals surface area contributed by atoms with Crippen molar-refractivity contribution >= 4 is 23.3 Å². The number of pyridine rings is 1. The molecule has 0 radical (unpaired) electrons. The van der Waals surface area contributed by atoms with Crippen LogP contribution in [-0.4, -0.2) is 27.2 Å². The van der Waals surface area contributed by atoms with E-state index in [0.717, 1.165) is 18.5 Å². The van der Waals surface area contributed by atoms with E-state index in [0.29, 0.717) is 22.9 Å². The van der Waals surface area contributed by atoms with Gasteiger partial charge in [0.15, 0.2) is 0 Å². The van der Waals surface area contributed by atoms with E-state index in [9.17, 15) is 4.79 Å². The Hall–Kier alpha value is -2.08. The summed E-state index contributed by atoms with van der Waals surface area (Å²) in [6.45, 7) is 3.26. The summed E-state index contributed by atoms with van der Waals surface area (Å²) in [4.78, 5) is 16.3. The average molecular weight is 308 g/mol. The van der Waals surface area contributed by atoms with E-state index in [1.54, 1.807) is 16.9 Å². The average Bonchev–Trinajstić information content (AvgIpc) is 2.89. The predicted molar refractivity (Wildman–Crippen MR) is 82.4 cm³/mol. The molecule has 2 rings (SSSR count). The number of aryl methyl sites for hydroxylation is 1. The molecule has 0 saturated carbocycles. The van der Waals surface area contributed by atoms with E-state index in [1.165, 1.54) is 6.20 Å². The highest BCUT2D eigenvalue weighted by Gasteiger charge is 2.12. The third-order valence-corrected chi connectivity index (χ3v) is 3.17. The van der Waals surface area contributed by atoms with Crippen LogP contribution in [0.25, 0.3) is 0 Å². The van der Waals surface area contributed by atoms with Gasteiger partial charge in [0.05, 0.1) is 16.8 Å². The molecular formula is C14H18ClN5O.